The fourth-order valence-electron chi connectivity index (χ4n) is 2.98. The Bertz CT molecular complexity index is 825. The van der Waals surface area contributed by atoms with Crippen molar-refractivity contribution in [1.82, 2.24) is 24.5 Å². The van der Waals surface area contributed by atoms with Crippen LogP contribution < -0.4 is 0 Å². The molecule has 0 atom stereocenters. The number of hydrogen-bond donors (Lipinski definition) is 0. The lowest BCUT2D eigenvalue weighted by atomic mass is 10.2. The van der Waals surface area contributed by atoms with Gasteiger partial charge in [0.05, 0.1) is 22.9 Å². The van der Waals surface area contributed by atoms with Gasteiger partial charge in [0.25, 0.3) is 0 Å². The van der Waals surface area contributed by atoms with Crippen LogP contribution in [0.1, 0.15) is 49.2 Å². The molecule has 0 radical (unpaired) electrons. The second-order valence-electron chi connectivity index (χ2n) is 6.70. The Morgan fingerprint density at radius 2 is 2.07 bits per heavy atom. The normalized spacial score (nSPS) is 14.6. The highest BCUT2D eigenvalue weighted by Crippen LogP contribution is 2.42. The third kappa shape index (κ3) is 4.53. The van der Waals surface area contributed by atoms with Crippen LogP contribution in [0.2, 0.25) is 0 Å². The fraction of sp³-hybridized carbons (Fsp3) is 0.588. The molecular formula is C17H21BrF3N5O. The van der Waals surface area contributed by atoms with E-state index in [2.05, 4.69) is 26.1 Å². The molecule has 1 aliphatic carbocycles. The molecule has 0 saturated heterocycles. The standard InChI is InChI=1S/C17H21BrF3N5O/c1-3-25-14(12(18)9-22-25)10-24(2)16(27)6-7-26-13(11-4-5-11)8-15(23-26)17(19,20)21/h8-9,11H,3-7,10H2,1-2H3. The summed E-state index contributed by atoms with van der Waals surface area (Å²) in [5.41, 5.74) is 0.566. The van der Waals surface area contributed by atoms with Crippen LogP contribution in [-0.2, 0) is 30.6 Å². The summed E-state index contributed by atoms with van der Waals surface area (Å²) in [5, 5.41) is 7.91. The van der Waals surface area contributed by atoms with Gasteiger partial charge >= 0.3 is 6.18 Å². The van der Waals surface area contributed by atoms with Crippen LogP contribution in [-0.4, -0.2) is 37.4 Å². The summed E-state index contributed by atoms with van der Waals surface area (Å²) < 4.78 is 42.8. The Labute approximate surface area is 163 Å². The molecule has 1 amide bonds. The van der Waals surface area contributed by atoms with Crippen LogP contribution in [0.25, 0.3) is 0 Å². The van der Waals surface area contributed by atoms with E-state index in [1.165, 1.54) is 4.68 Å². The minimum atomic E-state index is -4.47. The quantitative estimate of drug-likeness (QED) is 0.648. The van der Waals surface area contributed by atoms with E-state index in [0.29, 0.717) is 18.8 Å². The van der Waals surface area contributed by atoms with E-state index in [1.54, 1.807) is 22.8 Å². The van der Waals surface area contributed by atoms with Gasteiger partial charge in [-0.25, -0.2) is 0 Å². The molecule has 0 aliphatic heterocycles. The van der Waals surface area contributed by atoms with Crippen molar-refractivity contribution in [3.8, 4) is 0 Å². The first-order valence-electron chi connectivity index (χ1n) is 8.79. The third-order valence-corrected chi connectivity index (χ3v) is 5.31. The molecule has 2 aromatic rings. The predicted molar refractivity (Wildman–Crippen MR) is 95.9 cm³/mol. The van der Waals surface area contributed by atoms with Gasteiger partial charge in [-0.2, -0.15) is 23.4 Å². The van der Waals surface area contributed by atoms with Crippen molar-refractivity contribution in [2.45, 2.75) is 57.9 Å². The number of aryl methyl sites for hydroxylation is 2. The Morgan fingerprint density at radius 1 is 1.37 bits per heavy atom. The maximum absolute atomic E-state index is 12.9. The van der Waals surface area contributed by atoms with Gasteiger partial charge < -0.3 is 4.90 Å². The lowest BCUT2D eigenvalue weighted by molar-refractivity contribution is -0.141. The van der Waals surface area contributed by atoms with Crippen molar-refractivity contribution < 1.29 is 18.0 Å². The molecule has 0 aromatic carbocycles. The van der Waals surface area contributed by atoms with E-state index in [1.807, 2.05) is 6.92 Å². The molecule has 0 bridgehead atoms. The average Bonchev–Trinajstić information content (AvgIpc) is 3.26. The number of rotatable bonds is 7. The minimum absolute atomic E-state index is 0.0904. The number of amides is 1. The summed E-state index contributed by atoms with van der Waals surface area (Å²) >= 11 is 3.42. The lowest BCUT2D eigenvalue weighted by Gasteiger charge is -2.18. The van der Waals surface area contributed by atoms with E-state index in [4.69, 9.17) is 0 Å². The number of nitrogens with zero attached hydrogens (tertiary/aromatic N) is 5. The molecule has 0 spiro atoms. The first-order valence-corrected chi connectivity index (χ1v) is 9.59. The molecule has 27 heavy (non-hydrogen) atoms. The summed E-state index contributed by atoms with van der Waals surface area (Å²) in [6.45, 7) is 3.15. The third-order valence-electron chi connectivity index (χ3n) is 4.64. The molecule has 2 heterocycles. The predicted octanol–water partition coefficient (Wildman–Crippen LogP) is 3.81. The SMILES string of the molecule is CCn1ncc(Br)c1CN(C)C(=O)CCn1nc(C(F)(F)F)cc1C1CC1. The monoisotopic (exact) mass is 447 g/mol. The van der Waals surface area contributed by atoms with Crippen molar-refractivity contribution >= 4 is 21.8 Å². The molecule has 148 valence electrons. The van der Waals surface area contributed by atoms with Crippen LogP contribution in [0.5, 0.6) is 0 Å². The molecular weight excluding hydrogens is 427 g/mol. The highest BCUT2D eigenvalue weighted by Gasteiger charge is 2.37. The van der Waals surface area contributed by atoms with Crippen LogP contribution >= 0.6 is 15.9 Å². The topological polar surface area (TPSA) is 56.0 Å². The second kappa shape index (κ2) is 7.65. The van der Waals surface area contributed by atoms with E-state index >= 15 is 0 Å². The zero-order chi connectivity index (χ0) is 19.8. The number of carbonyl (C=O) groups is 1. The van der Waals surface area contributed by atoms with Gasteiger partial charge in [-0.05, 0) is 41.8 Å². The Kier molecular flexibility index (Phi) is 5.64. The van der Waals surface area contributed by atoms with Crippen molar-refractivity contribution in [2.24, 2.45) is 0 Å². The van der Waals surface area contributed by atoms with Gasteiger partial charge in [0.15, 0.2) is 5.69 Å². The number of alkyl halides is 3. The first-order chi connectivity index (χ1) is 12.7. The lowest BCUT2D eigenvalue weighted by Crippen LogP contribution is -2.28. The smallest absolute Gasteiger partial charge is 0.340 e. The largest absolute Gasteiger partial charge is 0.435 e. The number of carbonyl (C=O) groups excluding carboxylic acids is 1. The van der Waals surface area contributed by atoms with Gasteiger partial charge in [0.2, 0.25) is 5.91 Å². The number of aromatic nitrogens is 4. The Balaban J connectivity index is 1.65. The van der Waals surface area contributed by atoms with Gasteiger partial charge in [0.1, 0.15) is 0 Å². The van der Waals surface area contributed by atoms with Gasteiger partial charge in [-0.3, -0.25) is 14.2 Å². The van der Waals surface area contributed by atoms with Gasteiger partial charge in [0, 0.05) is 38.2 Å². The second-order valence-corrected chi connectivity index (χ2v) is 7.56. The summed E-state index contributed by atoms with van der Waals surface area (Å²) in [5.74, 6) is -0.0344. The number of hydrogen-bond acceptors (Lipinski definition) is 3. The average molecular weight is 448 g/mol. The molecule has 0 N–H and O–H groups in total. The summed E-state index contributed by atoms with van der Waals surface area (Å²) in [4.78, 5) is 14.0. The first kappa shape index (κ1) is 19.9. The molecule has 1 saturated carbocycles. The van der Waals surface area contributed by atoms with E-state index in [0.717, 1.165) is 29.1 Å². The van der Waals surface area contributed by atoms with Crippen molar-refractivity contribution in [3.63, 3.8) is 0 Å². The molecule has 6 nitrogen and oxygen atoms in total. The highest BCUT2D eigenvalue weighted by molar-refractivity contribution is 9.10. The van der Waals surface area contributed by atoms with Crippen molar-refractivity contribution in [1.29, 1.82) is 0 Å². The van der Waals surface area contributed by atoms with Crippen LogP contribution in [0, 0.1) is 0 Å². The van der Waals surface area contributed by atoms with Crippen LogP contribution in [0.4, 0.5) is 13.2 Å². The summed E-state index contributed by atoms with van der Waals surface area (Å²) in [7, 11) is 1.67. The molecule has 0 unspecified atom stereocenters. The summed E-state index contributed by atoms with van der Waals surface area (Å²) in [6.07, 6.45) is -0.965. The van der Waals surface area contributed by atoms with Crippen LogP contribution in [0.3, 0.4) is 0 Å². The molecule has 3 rings (SSSR count). The Hall–Kier alpha value is -1.84. The van der Waals surface area contributed by atoms with E-state index < -0.39 is 11.9 Å². The van der Waals surface area contributed by atoms with E-state index in [-0.39, 0.29) is 24.8 Å². The molecule has 2 aromatic heterocycles. The Morgan fingerprint density at radius 3 is 2.67 bits per heavy atom. The zero-order valence-corrected chi connectivity index (χ0v) is 16.7. The maximum atomic E-state index is 12.9. The summed E-state index contributed by atoms with van der Waals surface area (Å²) in [6, 6.07) is 1.11. The molecule has 1 fully saturated rings. The molecule has 10 heteroatoms. The number of halogens is 4. The minimum Gasteiger partial charge on any atom is -0.340 e. The van der Waals surface area contributed by atoms with Gasteiger partial charge in [-0.15, -0.1) is 0 Å². The zero-order valence-electron chi connectivity index (χ0n) is 15.1. The fourth-order valence-corrected chi connectivity index (χ4v) is 3.40. The van der Waals surface area contributed by atoms with Crippen molar-refractivity contribution in [3.05, 3.63) is 33.8 Å². The van der Waals surface area contributed by atoms with Crippen molar-refractivity contribution in [2.75, 3.05) is 7.05 Å². The van der Waals surface area contributed by atoms with Gasteiger partial charge in [-0.1, -0.05) is 0 Å². The van der Waals surface area contributed by atoms with E-state index in [9.17, 15) is 18.0 Å². The molecule has 1 aliphatic rings. The maximum Gasteiger partial charge on any atom is 0.435 e. The highest BCUT2D eigenvalue weighted by atomic mass is 79.9. The van der Waals surface area contributed by atoms with Crippen LogP contribution in [0.15, 0.2) is 16.7 Å².